The van der Waals surface area contributed by atoms with Gasteiger partial charge in [-0.2, -0.15) is 0 Å². The lowest BCUT2D eigenvalue weighted by Gasteiger charge is -2.25. The average molecular weight is 386 g/mol. The van der Waals surface area contributed by atoms with Crippen molar-refractivity contribution in [1.82, 2.24) is 4.90 Å². The molecule has 0 atom stereocenters. The summed E-state index contributed by atoms with van der Waals surface area (Å²) in [5.41, 5.74) is 3.69. The molecule has 7 heteroatoms. The number of aryl methyl sites for hydroxylation is 2. The van der Waals surface area contributed by atoms with Gasteiger partial charge in [0, 0.05) is 23.9 Å². The van der Waals surface area contributed by atoms with Gasteiger partial charge < -0.3 is 15.0 Å². The fourth-order valence-electron chi connectivity index (χ4n) is 3.23. The Morgan fingerprint density at radius 3 is 2.63 bits per heavy atom. The third kappa shape index (κ3) is 3.73. The molecule has 1 aromatic heterocycles. The number of hydrogen-bond acceptors (Lipinski definition) is 5. The van der Waals surface area contributed by atoms with Gasteiger partial charge in [-0.1, -0.05) is 17.7 Å². The van der Waals surface area contributed by atoms with Gasteiger partial charge in [-0.05, 0) is 37.5 Å². The number of esters is 1. The van der Waals surface area contributed by atoms with Gasteiger partial charge in [-0.15, -0.1) is 11.3 Å². The van der Waals surface area contributed by atoms with Gasteiger partial charge in [-0.25, -0.2) is 4.79 Å². The largest absolute Gasteiger partial charge is 0.465 e. The van der Waals surface area contributed by atoms with Crippen molar-refractivity contribution in [3.8, 4) is 0 Å². The van der Waals surface area contributed by atoms with Crippen LogP contribution in [0.1, 0.15) is 49.2 Å². The number of ether oxygens (including phenoxy) is 1. The van der Waals surface area contributed by atoms with Gasteiger partial charge in [0.25, 0.3) is 5.91 Å². The number of benzene rings is 1. The van der Waals surface area contributed by atoms with E-state index in [1.165, 1.54) is 25.4 Å². The molecule has 0 bridgehead atoms. The second kappa shape index (κ2) is 7.52. The number of methoxy groups -OCH3 is 1. The van der Waals surface area contributed by atoms with E-state index in [2.05, 4.69) is 5.32 Å². The Bertz CT molecular complexity index is 932. The summed E-state index contributed by atoms with van der Waals surface area (Å²) in [6.45, 7) is 6.32. The van der Waals surface area contributed by atoms with Crippen molar-refractivity contribution in [3.05, 3.63) is 50.9 Å². The van der Waals surface area contributed by atoms with Crippen LogP contribution in [0.5, 0.6) is 0 Å². The van der Waals surface area contributed by atoms with Crippen LogP contribution in [0.15, 0.2) is 18.2 Å². The van der Waals surface area contributed by atoms with Crippen molar-refractivity contribution >= 4 is 34.1 Å². The molecular weight excluding hydrogens is 364 g/mol. The lowest BCUT2D eigenvalue weighted by molar-refractivity contribution is -0.129. The summed E-state index contributed by atoms with van der Waals surface area (Å²) in [6, 6.07) is 5.68. The predicted molar refractivity (Wildman–Crippen MR) is 104 cm³/mol. The normalized spacial score (nSPS) is 13.1. The van der Waals surface area contributed by atoms with Crippen molar-refractivity contribution in [2.45, 2.75) is 33.7 Å². The number of nitrogens with one attached hydrogen (secondary N) is 1. The summed E-state index contributed by atoms with van der Waals surface area (Å²) in [7, 11) is 1.33. The van der Waals surface area contributed by atoms with Crippen LogP contribution in [-0.4, -0.2) is 36.3 Å². The maximum atomic E-state index is 12.8. The van der Waals surface area contributed by atoms with E-state index in [1.54, 1.807) is 4.90 Å². The van der Waals surface area contributed by atoms with Gasteiger partial charge in [0.05, 0.1) is 19.2 Å². The third-order valence-electron chi connectivity index (χ3n) is 4.76. The highest BCUT2D eigenvalue weighted by molar-refractivity contribution is 7.17. The van der Waals surface area contributed by atoms with E-state index in [4.69, 9.17) is 4.74 Å². The van der Waals surface area contributed by atoms with E-state index >= 15 is 0 Å². The number of anilines is 1. The Kier molecular flexibility index (Phi) is 5.32. The summed E-state index contributed by atoms with van der Waals surface area (Å²) >= 11 is 1.33. The van der Waals surface area contributed by atoms with Gasteiger partial charge >= 0.3 is 5.97 Å². The maximum Gasteiger partial charge on any atom is 0.341 e. The van der Waals surface area contributed by atoms with Crippen LogP contribution in [0.25, 0.3) is 0 Å². The molecule has 0 saturated carbocycles. The highest BCUT2D eigenvalue weighted by atomic mass is 32.1. The van der Waals surface area contributed by atoms with Gasteiger partial charge in [0.1, 0.15) is 5.00 Å². The number of carbonyl (C=O) groups excluding carboxylic acids is 3. The Labute approximate surface area is 162 Å². The monoisotopic (exact) mass is 386 g/mol. The fraction of sp³-hybridized carbons (Fsp3) is 0.350. The van der Waals surface area contributed by atoms with Crippen molar-refractivity contribution in [2.75, 3.05) is 19.0 Å². The van der Waals surface area contributed by atoms with E-state index in [9.17, 15) is 14.4 Å². The second-order valence-electron chi connectivity index (χ2n) is 6.66. The highest BCUT2D eigenvalue weighted by Crippen LogP contribution is 2.38. The SMILES string of the molecule is COC(=O)c1c(NC(=O)c2cc(C)ccc2C)sc2c1CCN(C(C)=O)C2. The van der Waals surface area contributed by atoms with E-state index in [0.717, 1.165) is 21.6 Å². The molecule has 1 aliphatic rings. The molecule has 2 heterocycles. The smallest absolute Gasteiger partial charge is 0.341 e. The first-order chi connectivity index (χ1) is 12.8. The number of rotatable bonds is 3. The van der Waals surface area contributed by atoms with Crippen LogP contribution in [0.2, 0.25) is 0 Å². The third-order valence-corrected chi connectivity index (χ3v) is 5.89. The maximum absolute atomic E-state index is 12.8. The molecule has 1 aliphatic heterocycles. The summed E-state index contributed by atoms with van der Waals surface area (Å²) in [4.78, 5) is 39.5. The molecule has 142 valence electrons. The van der Waals surface area contributed by atoms with E-state index in [-0.39, 0.29) is 11.8 Å². The highest BCUT2D eigenvalue weighted by Gasteiger charge is 2.30. The molecular formula is C20H22N2O4S. The minimum absolute atomic E-state index is 0.00496. The number of fused-ring (bicyclic) bond motifs is 1. The average Bonchev–Trinajstić information content (AvgIpc) is 2.99. The quantitative estimate of drug-likeness (QED) is 0.821. The van der Waals surface area contributed by atoms with Crippen molar-refractivity contribution in [2.24, 2.45) is 0 Å². The van der Waals surface area contributed by atoms with Crippen LogP contribution in [0.3, 0.4) is 0 Å². The number of thiophene rings is 1. The first-order valence-electron chi connectivity index (χ1n) is 8.68. The molecule has 0 saturated heterocycles. The van der Waals surface area contributed by atoms with Gasteiger partial charge in [-0.3, -0.25) is 9.59 Å². The molecule has 0 unspecified atom stereocenters. The van der Waals surface area contributed by atoms with E-state index in [1.807, 2.05) is 32.0 Å². The standard InChI is InChI=1S/C20H22N2O4S/c1-11-5-6-12(2)15(9-11)18(24)21-19-17(20(25)26-4)14-7-8-22(13(3)23)10-16(14)27-19/h5-6,9H,7-8,10H2,1-4H3,(H,21,24). The fourth-order valence-corrected chi connectivity index (χ4v) is 4.48. The molecule has 2 aromatic rings. The van der Waals surface area contributed by atoms with Crippen LogP contribution in [-0.2, 0) is 22.5 Å². The zero-order valence-corrected chi connectivity index (χ0v) is 16.7. The zero-order valence-electron chi connectivity index (χ0n) is 15.8. The Hall–Kier alpha value is -2.67. The molecule has 27 heavy (non-hydrogen) atoms. The number of hydrogen-bond donors (Lipinski definition) is 1. The molecule has 1 N–H and O–H groups in total. The second-order valence-corrected chi connectivity index (χ2v) is 7.77. The van der Waals surface area contributed by atoms with Crippen molar-refractivity contribution < 1.29 is 19.1 Å². The van der Waals surface area contributed by atoms with Crippen LogP contribution in [0, 0.1) is 13.8 Å². The minimum Gasteiger partial charge on any atom is -0.465 e. The summed E-state index contributed by atoms with van der Waals surface area (Å²) in [5, 5.41) is 3.36. The summed E-state index contributed by atoms with van der Waals surface area (Å²) in [6.07, 6.45) is 0.565. The number of amides is 2. The lowest BCUT2D eigenvalue weighted by atomic mass is 10.0. The summed E-state index contributed by atoms with van der Waals surface area (Å²) in [5.74, 6) is -0.738. The van der Waals surface area contributed by atoms with Gasteiger partial charge in [0.2, 0.25) is 5.91 Å². The van der Waals surface area contributed by atoms with Crippen molar-refractivity contribution in [1.29, 1.82) is 0 Å². The van der Waals surface area contributed by atoms with Crippen molar-refractivity contribution in [3.63, 3.8) is 0 Å². The van der Waals surface area contributed by atoms with Crippen LogP contribution < -0.4 is 5.32 Å². The number of carbonyl (C=O) groups is 3. The Morgan fingerprint density at radius 1 is 1.22 bits per heavy atom. The molecule has 6 nitrogen and oxygen atoms in total. The molecule has 0 spiro atoms. The first kappa shape index (κ1) is 19.1. The summed E-state index contributed by atoms with van der Waals surface area (Å²) < 4.78 is 4.94. The van der Waals surface area contributed by atoms with Crippen LogP contribution in [0.4, 0.5) is 5.00 Å². The molecule has 0 radical (unpaired) electrons. The molecule has 0 aliphatic carbocycles. The zero-order chi connectivity index (χ0) is 19.7. The predicted octanol–water partition coefficient (Wildman–Crippen LogP) is 3.31. The Morgan fingerprint density at radius 2 is 1.96 bits per heavy atom. The Balaban J connectivity index is 1.97. The van der Waals surface area contributed by atoms with Gasteiger partial charge in [0.15, 0.2) is 0 Å². The molecule has 1 aromatic carbocycles. The minimum atomic E-state index is -0.472. The molecule has 0 fully saturated rings. The van der Waals surface area contributed by atoms with Crippen LogP contribution >= 0.6 is 11.3 Å². The van der Waals surface area contributed by atoms with E-state index < -0.39 is 5.97 Å². The number of nitrogens with zero attached hydrogens (tertiary/aromatic N) is 1. The molecule has 2 amide bonds. The van der Waals surface area contributed by atoms with E-state index in [0.29, 0.717) is 35.6 Å². The topological polar surface area (TPSA) is 75.7 Å². The molecule has 3 rings (SSSR count). The first-order valence-corrected chi connectivity index (χ1v) is 9.50. The lowest BCUT2D eigenvalue weighted by Crippen LogP contribution is -2.33.